The van der Waals surface area contributed by atoms with Crippen molar-refractivity contribution in [1.82, 2.24) is 9.80 Å². The van der Waals surface area contributed by atoms with Crippen molar-refractivity contribution in [3.05, 3.63) is 0 Å². The van der Waals surface area contributed by atoms with Gasteiger partial charge in [-0.25, -0.2) is 0 Å². The molecule has 5 nitrogen and oxygen atoms in total. The van der Waals surface area contributed by atoms with Gasteiger partial charge in [0, 0.05) is 19.5 Å². The van der Waals surface area contributed by atoms with Gasteiger partial charge in [0.05, 0.1) is 6.54 Å². The molecule has 0 aromatic rings. The summed E-state index contributed by atoms with van der Waals surface area (Å²) < 4.78 is 0. The summed E-state index contributed by atoms with van der Waals surface area (Å²) in [6.07, 6.45) is 3.09. The van der Waals surface area contributed by atoms with Crippen LogP contribution in [0.15, 0.2) is 0 Å². The highest BCUT2D eigenvalue weighted by Crippen LogP contribution is 2.23. The van der Waals surface area contributed by atoms with Crippen LogP contribution in [-0.2, 0) is 14.4 Å². The van der Waals surface area contributed by atoms with E-state index in [1.165, 1.54) is 11.8 Å². The van der Waals surface area contributed by atoms with Crippen LogP contribution in [0, 0.1) is 0 Å². The third-order valence-electron chi connectivity index (χ3n) is 3.48. The van der Waals surface area contributed by atoms with Crippen LogP contribution in [0.2, 0.25) is 0 Å². The Bertz CT molecular complexity index is 354. The lowest BCUT2D eigenvalue weighted by Crippen LogP contribution is -2.61. The molecule has 17 heavy (non-hydrogen) atoms. The zero-order chi connectivity index (χ0) is 12.4. The van der Waals surface area contributed by atoms with E-state index < -0.39 is 0 Å². The summed E-state index contributed by atoms with van der Waals surface area (Å²) in [4.78, 5) is 38.2. The number of amides is 2. The van der Waals surface area contributed by atoms with Crippen LogP contribution >= 0.6 is 0 Å². The molecule has 2 saturated heterocycles. The number of Topliss-reactive ketones (excluding diaryl/α,β-unsaturated/α-hetero) is 1. The van der Waals surface area contributed by atoms with Crippen LogP contribution in [0.4, 0.5) is 0 Å². The molecular formula is C12H18N2O3. The van der Waals surface area contributed by atoms with Gasteiger partial charge in [0.15, 0.2) is 0 Å². The highest BCUT2D eigenvalue weighted by molar-refractivity contribution is 5.95. The van der Waals surface area contributed by atoms with Crippen LogP contribution in [-0.4, -0.2) is 53.1 Å². The smallest absolute Gasteiger partial charge is 0.245 e. The molecule has 2 rings (SSSR count). The number of carbonyl (C=O) groups excluding carboxylic acids is 3. The molecular weight excluding hydrogens is 220 g/mol. The Labute approximate surface area is 101 Å². The topological polar surface area (TPSA) is 57.7 Å². The highest BCUT2D eigenvalue weighted by Gasteiger charge is 2.39. The fourth-order valence-corrected chi connectivity index (χ4v) is 2.51. The van der Waals surface area contributed by atoms with Gasteiger partial charge >= 0.3 is 0 Å². The van der Waals surface area contributed by atoms with Crippen molar-refractivity contribution in [2.45, 2.75) is 38.6 Å². The molecule has 0 aromatic carbocycles. The van der Waals surface area contributed by atoms with Gasteiger partial charge in [0.1, 0.15) is 11.8 Å². The van der Waals surface area contributed by atoms with Gasteiger partial charge in [-0.2, -0.15) is 0 Å². The third-order valence-corrected chi connectivity index (χ3v) is 3.48. The lowest BCUT2D eigenvalue weighted by molar-refractivity contribution is -0.157. The number of carbonyl (C=O) groups is 3. The second kappa shape index (κ2) is 4.85. The van der Waals surface area contributed by atoms with Crippen LogP contribution in [0.1, 0.15) is 32.6 Å². The second-order valence-corrected chi connectivity index (χ2v) is 4.81. The van der Waals surface area contributed by atoms with Crippen LogP contribution in [0.3, 0.4) is 0 Å². The van der Waals surface area contributed by atoms with Crippen molar-refractivity contribution in [1.29, 1.82) is 0 Å². The van der Waals surface area contributed by atoms with Crippen molar-refractivity contribution in [2.75, 3.05) is 19.6 Å². The fraction of sp³-hybridized carbons (Fsp3) is 0.750. The number of piperazine rings is 1. The predicted octanol–water partition coefficient (Wildman–Crippen LogP) is 0.189. The zero-order valence-electron chi connectivity index (χ0n) is 10.1. The van der Waals surface area contributed by atoms with Crippen molar-refractivity contribution < 1.29 is 14.4 Å². The number of nitrogens with zero attached hydrogens (tertiary/aromatic N) is 2. The third kappa shape index (κ3) is 2.48. The monoisotopic (exact) mass is 238 g/mol. The van der Waals surface area contributed by atoms with Gasteiger partial charge in [-0.15, -0.1) is 0 Å². The van der Waals surface area contributed by atoms with Crippen molar-refractivity contribution >= 4 is 17.6 Å². The maximum absolute atomic E-state index is 12.1. The number of fused-ring (bicyclic) bond motifs is 1. The summed E-state index contributed by atoms with van der Waals surface area (Å²) in [5.74, 6) is 0.0970. The maximum Gasteiger partial charge on any atom is 0.245 e. The molecule has 1 atom stereocenters. The Balaban J connectivity index is 2.03. The molecule has 5 heteroatoms. The van der Waals surface area contributed by atoms with E-state index in [1.54, 1.807) is 4.90 Å². The van der Waals surface area contributed by atoms with E-state index in [4.69, 9.17) is 0 Å². The molecule has 94 valence electrons. The van der Waals surface area contributed by atoms with E-state index in [9.17, 15) is 14.4 Å². The summed E-state index contributed by atoms with van der Waals surface area (Å²) in [7, 11) is 0. The molecule has 0 spiro atoms. The first-order valence-corrected chi connectivity index (χ1v) is 6.17. The maximum atomic E-state index is 12.1. The number of hydrogen-bond donors (Lipinski definition) is 0. The molecule has 1 unspecified atom stereocenters. The molecule has 0 aromatic heterocycles. The number of ketones is 1. The van der Waals surface area contributed by atoms with Gasteiger partial charge < -0.3 is 9.80 Å². The van der Waals surface area contributed by atoms with Gasteiger partial charge in [0.25, 0.3) is 0 Å². The summed E-state index contributed by atoms with van der Waals surface area (Å²) >= 11 is 0. The van der Waals surface area contributed by atoms with Gasteiger partial charge in [-0.05, 0) is 26.2 Å². The van der Waals surface area contributed by atoms with E-state index in [2.05, 4.69) is 0 Å². The summed E-state index contributed by atoms with van der Waals surface area (Å²) in [6.45, 7) is 2.73. The van der Waals surface area contributed by atoms with Crippen molar-refractivity contribution in [3.8, 4) is 0 Å². The number of rotatable bonds is 3. The molecule has 2 fully saturated rings. The van der Waals surface area contributed by atoms with E-state index >= 15 is 0 Å². The first-order valence-electron chi connectivity index (χ1n) is 6.17. The van der Waals surface area contributed by atoms with Gasteiger partial charge in [-0.1, -0.05) is 0 Å². The number of piperidine rings is 1. The standard InChI is InChI=1S/C12H18N2O3/c1-9(15)5-7-13-8-11(16)14-6-3-2-4-10(14)12(13)17/h10H,2-8H2,1H3. The summed E-state index contributed by atoms with van der Waals surface area (Å²) in [5, 5.41) is 0. The molecule has 0 aliphatic carbocycles. The summed E-state index contributed by atoms with van der Waals surface area (Å²) in [5.41, 5.74) is 0. The first kappa shape index (κ1) is 12.1. The molecule has 2 heterocycles. The van der Waals surface area contributed by atoms with E-state index in [0.717, 1.165) is 19.3 Å². The Morgan fingerprint density at radius 1 is 1.35 bits per heavy atom. The number of hydrogen-bond acceptors (Lipinski definition) is 3. The predicted molar refractivity (Wildman–Crippen MR) is 61.2 cm³/mol. The largest absolute Gasteiger partial charge is 0.331 e. The van der Waals surface area contributed by atoms with Crippen LogP contribution in [0.5, 0.6) is 0 Å². The minimum Gasteiger partial charge on any atom is -0.331 e. The van der Waals surface area contributed by atoms with Gasteiger partial charge in [-0.3, -0.25) is 14.4 Å². The quantitative estimate of drug-likeness (QED) is 0.705. The zero-order valence-corrected chi connectivity index (χ0v) is 10.1. The molecule has 0 radical (unpaired) electrons. The molecule has 2 aliphatic heterocycles. The average Bonchev–Trinajstić information content (AvgIpc) is 2.32. The molecule has 0 bridgehead atoms. The fourth-order valence-electron chi connectivity index (χ4n) is 2.51. The Morgan fingerprint density at radius 2 is 2.12 bits per heavy atom. The van der Waals surface area contributed by atoms with E-state index in [0.29, 0.717) is 19.5 Å². The lowest BCUT2D eigenvalue weighted by atomic mass is 9.98. The minimum absolute atomic E-state index is 0.0190. The SMILES string of the molecule is CC(=O)CCN1CC(=O)N2CCCCC2C1=O. The normalized spacial score (nSPS) is 24.9. The minimum atomic E-state index is -0.267. The van der Waals surface area contributed by atoms with Crippen molar-refractivity contribution in [3.63, 3.8) is 0 Å². The Kier molecular flexibility index (Phi) is 3.45. The van der Waals surface area contributed by atoms with Gasteiger partial charge in [0.2, 0.25) is 11.8 Å². The second-order valence-electron chi connectivity index (χ2n) is 4.81. The molecule has 2 aliphatic rings. The summed E-state index contributed by atoms with van der Waals surface area (Å²) in [6, 6.07) is -0.267. The van der Waals surface area contributed by atoms with Crippen molar-refractivity contribution in [2.24, 2.45) is 0 Å². The van der Waals surface area contributed by atoms with Crippen LogP contribution in [0.25, 0.3) is 0 Å². The highest BCUT2D eigenvalue weighted by atomic mass is 16.2. The molecule has 2 amide bonds. The van der Waals surface area contributed by atoms with E-state index in [1.807, 2.05) is 0 Å². The molecule has 0 saturated carbocycles. The Morgan fingerprint density at radius 3 is 2.82 bits per heavy atom. The Hall–Kier alpha value is -1.39. The van der Waals surface area contributed by atoms with E-state index in [-0.39, 0.29) is 30.2 Å². The lowest BCUT2D eigenvalue weighted by Gasteiger charge is -2.42. The average molecular weight is 238 g/mol. The van der Waals surface area contributed by atoms with Crippen LogP contribution < -0.4 is 0 Å². The first-order chi connectivity index (χ1) is 8.09. The molecule has 0 N–H and O–H groups in total.